The smallest absolute Gasteiger partial charge is 0.251 e. The van der Waals surface area contributed by atoms with Crippen LogP contribution in [0.3, 0.4) is 0 Å². The van der Waals surface area contributed by atoms with Crippen molar-refractivity contribution in [2.45, 2.75) is 32.7 Å². The van der Waals surface area contributed by atoms with E-state index < -0.39 is 5.54 Å². The van der Waals surface area contributed by atoms with Crippen LogP contribution in [0.4, 0.5) is 0 Å². The van der Waals surface area contributed by atoms with Crippen molar-refractivity contribution in [1.82, 2.24) is 5.32 Å². The lowest BCUT2D eigenvalue weighted by molar-refractivity contribution is 0.0913. The molecule has 0 aliphatic heterocycles. The molecule has 1 aromatic carbocycles. The van der Waals surface area contributed by atoms with Gasteiger partial charge in [-0.2, -0.15) is 0 Å². The summed E-state index contributed by atoms with van der Waals surface area (Å²) in [7, 11) is 0. The molecule has 0 atom stereocenters. The third kappa shape index (κ3) is 3.67. The lowest BCUT2D eigenvalue weighted by Crippen LogP contribution is -2.48. The zero-order valence-electron chi connectivity index (χ0n) is 11.1. The summed E-state index contributed by atoms with van der Waals surface area (Å²) in [5, 5.41) is 2.84. The lowest BCUT2D eigenvalue weighted by atomic mass is 10.0. The van der Waals surface area contributed by atoms with Gasteiger partial charge in [-0.25, -0.2) is 0 Å². The second kappa shape index (κ2) is 5.78. The first-order valence-corrected chi connectivity index (χ1v) is 6.05. The summed E-state index contributed by atoms with van der Waals surface area (Å²) < 4.78 is 0. The quantitative estimate of drug-likeness (QED) is 0.780. The standard InChI is InChI=1S/C14H20N2O2/c1-4-12(17)10-5-7-11(8-6-10)13(18)16-14(2,3)9-15/h5-8H,4,9,15H2,1-3H3,(H,16,18). The van der Waals surface area contributed by atoms with Gasteiger partial charge in [0, 0.05) is 29.6 Å². The molecule has 18 heavy (non-hydrogen) atoms. The van der Waals surface area contributed by atoms with Crippen molar-refractivity contribution < 1.29 is 9.59 Å². The number of benzene rings is 1. The molecule has 4 nitrogen and oxygen atoms in total. The predicted octanol–water partition coefficient (Wildman–Crippen LogP) is 1.75. The molecule has 0 radical (unpaired) electrons. The highest BCUT2D eigenvalue weighted by molar-refractivity contribution is 5.98. The summed E-state index contributed by atoms with van der Waals surface area (Å²) in [5.74, 6) is -0.106. The van der Waals surface area contributed by atoms with Crippen LogP contribution in [0.2, 0.25) is 0 Å². The van der Waals surface area contributed by atoms with Gasteiger partial charge in [-0.15, -0.1) is 0 Å². The number of carbonyl (C=O) groups is 2. The molecule has 0 saturated carbocycles. The van der Waals surface area contributed by atoms with Crippen molar-refractivity contribution in [1.29, 1.82) is 0 Å². The molecule has 0 aromatic heterocycles. The van der Waals surface area contributed by atoms with E-state index in [0.717, 1.165) is 0 Å². The average molecular weight is 248 g/mol. The zero-order chi connectivity index (χ0) is 13.8. The Kier molecular flexibility index (Phi) is 4.62. The fraction of sp³-hybridized carbons (Fsp3) is 0.429. The van der Waals surface area contributed by atoms with E-state index in [1.54, 1.807) is 24.3 Å². The number of Topliss-reactive ketones (excluding diaryl/α,β-unsaturated/α-hetero) is 1. The molecule has 0 unspecified atom stereocenters. The molecule has 0 heterocycles. The topological polar surface area (TPSA) is 72.2 Å². The zero-order valence-corrected chi connectivity index (χ0v) is 11.1. The molecule has 0 bridgehead atoms. The van der Waals surface area contributed by atoms with Crippen LogP contribution in [0.1, 0.15) is 47.9 Å². The molecule has 3 N–H and O–H groups in total. The first-order valence-electron chi connectivity index (χ1n) is 6.05. The number of nitrogens with one attached hydrogen (secondary N) is 1. The van der Waals surface area contributed by atoms with Crippen molar-refractivity contribution in [2.24, 2.45) is 5.73 Å². The molecule has 0 fully saturated rings. The van der Waals surface area contributed by atoms with Crippen LogP contribution < -0.4 is 11.1 Å². The number of rotatable bonds is 5. The van der Waals surface area contributed by atoms with Gasteiger partial charge < -0.3 is 11.1 Å². The normalized spacial score (nSPS) is 11.1. The minimum absolute atomic E-state index is 0.0734. The fourth-order valence-corrected chi connectivity index (χ4v) is 1.44. The summed E-state index contributed by atoms with van der Waals surface area (Å²) >= 11 is 0. The molecular formula is C14H20N2O2. The summed E-state index contributed by atoms with van der Waals surface area (Å²) in [4.78, 5) is 23.4. The number of hydrogen-bond acceptors (Lipinski definition) is 3. The van der Waals surface area contributed by atoms with Crippen LogP contribution in [0, 0.1) is 0 Å². The van der Waals surface area contributed by atoms with Crippen molar-refractivity contribution in [2.75, 3.05) is 6.54 Å². The number of carbonyl (C=O) groups excluding carboxylic acids is 2. The van der Waals surface area contributed by atoms with Crippen molar-refractivity contribution in [3.05, 3.63) is 35.4 Å². The first kappa shape index (κ1) is 14.4. The van der Waals surface area contributed by atoms with Crippen molar-refractivity contribution >= 4 is 11.7 Å². The molecule has 4 heteroatoms. The number of ketones is 1. The Morgan fingerprint density at radius 3 is 2.11 bits per heavy atom. The van der Waals surface area contributed by atoms with Gasteiger partial charge in [0.25, 0.3) is 5.91 Å². The summed E-state index contributed by atoms with van der Waals surface area (Å²) in [5.41, 5.74) is 6.28. The largest absolute Gasteiger partial charge is 0.346 e. The number of hydrogen-bond donors (Lipinski definition) is 2. The second-order valence-electron chi connectivity index (χ2n) is 4.90. The summed E-state index contributed by atoms with van der Waals surface area (Å²) in [6.45, 7) is 5.90. The molecule has 1 aromatic rings. The van der Waals surface area contributed by atoms with E-state index >= 15 is 0 Å². The molecule has 0 aliphatic carbocycles. The van der Waals surface area contributed by atoms with Gasteiger partial charge in [0.1, 0.15) is 0 Å². The minimum atomic E-state index is -0.436. The Balaban J connectivity index is 2.80. The molecule has 0 spiro atoms. The predicted molar refractivity (Wildman–Crippen MR) is 71.7 cm³/mol. The van der Waals surface area contributed by atoms with Crippen molar-refractivity contribution in [3.8, 4) is 0 Å². The Morgan fingerprint density at radius 1 is 1.17 bits per heavy atom. The maximum absolute atomic E-state index is 11.9. The van der Waals surface area contributed by atoms with Gasteiger partial charge in [0.05, 0.1) is 0 Å². The van der Waals surface area contributed by atoms with Gasteiger partial charge in [-0.05, 0) is 26.0 Å². The van der Waals surface area contributed by atoms with E-state index in [1.807, 2.05) is 20.8 Å². The summed E-state index contributed by atoms with van der Waals surface area (Å²) in [6.07, 6.45) is 0.464. The Labute approximate surface area is 108 Å². The van der Waals surface area contributed by atoms with Crippen LogP contribution >= 0.6 is 0 Å². The highest BCUT2D eigenvalue weighted by Gasteiger charge is 2.19. The van der Waals surface area contributed by atoms with E-state index in [-0.39, 0.29) is 11.7 Å². The second-order valence-corrected chi connectivity index (χ2v) is 4.90. The third-order valence-electron chi connectivity index (χ3n) is 2.75. The van der Waals surface area contributed by atoms with Gasteiger partial charge in [-0.3, -0.25) is 9.59 Å². The average Bonchev–Trinajstić information content (AvgIpc) is 2.37. The van der Waals surface area contributed by atoms with Gasteiger partial charge >= 0.3 is 0 Å². The van der Waals surface area contributed by atoms with E-state index in [4.69, 9.17) is 5.73 Å². The van der Waals surface area contributed by atoms with E-state index in [2.05, 4.69) is 5.32 Å². The molecule has 98 valence electrons. The van der Waals surface area contributed by atoms with Crippen LogP contribution in [0.5, 0.6) is 0 Å². The molecule has 0 aliphatic rings. The maximum Gasteiger partial charge on any atom is 0.251 e. The third-order valence-corrected chi connectivity index (χ3v) is 2.75. The van der Waals surface area contributed by atoms with Crippen LogP contribution in [0.15, 0.2) is 24.3 Å². The lowest BCUT2D eigenvalue weighted by Gasteiger charge is -2.24. The first-order chi connectivity index (χ1) is 8.39. The Morgan fingerprint density at radius 2 is 1.67 bits per heavy atom. The van der Waals surface area contributed by atoms with Crippen LogP contribution in [-0.2, 0) is 0 Å². The minimum Gasteiger partial charge on any atom is -0.346 e. The van der Waals surface area contributed by atoms with Crippen LogP contribution in [-0.4, -0.2) is 23.8 Å². The van der Waals surface area contributed by atoms with Gasteiger partial charge in [-0.1, -0.05) is 19.1 Å². The van der Waals surface area contributed by atoms with Crippen LogP contribution in [0.25, 0.3) is 0 Å². The number of nitrogens with two attached hydrogens (primary N) is 1. The summed E-state index contributed by atoms with van der Waals surface area (Å²) in [6, 6.07) is 6.67. The molecule has 1 rings (SSSR count). The SMILES string of the molecule is CCC(=O)c1ccc(C(=O)NC(C)(C)CN)cc1. The highest BCUT2D eigenvalue weighted by Crippen LogP contribution is 2.08. The highest BCUT2D eigenvalue weighted by atomic mass is 16.1. The van der Waals surface area contributed by atoms with E-state index in [0.29, 0.717) is 24.1 Å². The van der Waals surface area contributed by atoms with E-state index in [9.17, 15) is 9.59 Å². The Hall–Kier alpha value is -1.68. The van der Waals surface area contributed by atoms with Crippen molar-refractivity contribution in [3.63, 3.8) is 0 Å². The monoisotopic (exact) mass is 248 g/mol. The Bertz CT molecular complexity index is 436. The molecule has 1 amide bonds. The van der Waals surface area contributed by atoms with Gasteiger partial charge in [0.2, 0.25) is 0 Å². The maximum atomic E-state index is 11.9. The fourth-order valence-electron chi connectivity index (χ4n) is 1.44. The molecular weight excluding hydrogens is 228 g/mol. The van der Waals surface area contributed by atoms with E-state index in [1.165, 1.54) is 0 Å². The van der Waals surface area contributed by atoms with Gasteiger partial charge in [0.15, 0.2) is 5.78 Å². The number of amides is 1. The molecule has 0 saturated heterocycles.